The summed E-state index contributed by atoms with van der Waals surface area (Å²) in [5, 5.41) is 0.845. The SMILES string of the molecule is NCCCON1C(=O)Cc2ccccc2C1=O. The Kier molecular flexibility index (Phi) is 3.51. The molecule has 2 rings (SSSR count). The quantitative estimate of drug-likeness (QED) is 0.608. The van der Waals surface area contributed by atoms with Crippen LogP contribution in [0.4, 0.5) is 0 Å². The Labute approximate surface area is 99.1 Å². The predicted molar refractivity (Wildman–Crippen MR) is 60.9 cm³/mol. The lowest BCUT2D eigenvalue weighted by molar-refractivity contribution is -0.170. The maximum Gasteiger partial charge on any atom is 0.285 e. The van der Waals surface area contributed by atoms with E-state index in [0.717, 1.165) is 10.6 Å². The number of amides is 2. The lowest BCUT2D eigenvalue weighted by atomic mass is 10.00. The summed E-state index contributed by atoms with van der Waals surface area (Å²) >= 11 is 0. The zero-order valence-electron chi connectivity index (χ0n) is 9.39. The van der Waals surface area contributed by atoms with Crippen molar-refractivity contribution < 1.29 is 14.4 Å². The van der Waals surface area contributed by atoms with E-state index in [0.29, 0.717) is 18.5 Å². The van der Waals surface area contributed by atoms with E-state index in [1.807, 2.05) is 6.07 Å². The van der Waals surface area contributed by atoms with Crippen LogP contribution in [0.5, 0.6) is 0 Å². The first-order valence-corrected chi connectivity index (χ1v) is 5.52. The number of hydrogen-bond donors (Lipinski definition) is 1. The summed E-state index contributed by atoms with van der Waals surface area (Å²) in [5.74, 6) is -0.723. The average molecular weight is 234 g/mol. The second-order valence-electron chi connectivity index (χ2n) is 3.80. The summed E-state index contributed by atoms with van der Waals surface area (Å²) in [4.78, 5) is 28.8. The van der Waals surface area contributed by atoms with Gasteiger partial charge >= 0.3 is 0 Å². The van der Waals surface area contributed by atoms with E-state index in [2.05, 4.69) is 0 Å². The second kappa shape index (κ2) is 5.07. The third-order valence-electron chi connectivity index (χ3n) is 2.57. The van der Waals surface area contributed by atoms with Crippen LogP contribution >= 0.6 is 0 Å². The van der Waals surface area contributed by atoms with Gasteiger partial charge in [-0.25, -0.2) is 0 Å². The van der Waals surface area contributed by atoms with Gasteiger partial charge in [-0.05, 0) is 24.6 Å². The molecular formula is C12H14N2O3. The van der Waals surface area contributed by atoms with Gasteiger partial charge in [0.2, 0.25) is 0 Å². The number of rotatable bonds is 4. The molecule has 1 aliphatic heterocycles. The molecule has 0 unspecified atom stereocenters. The molecule has 0 fully saturated rings. The molecule has 0 saturated heterocycles. The molecule has 1 aromatic rings. The van der Waals surface area contributed by atoms with E-state index in [1.165, 1.54) is 0 Å². The number of hydroxylamine groups is 2. The summed E-state index contributed by atoms with van der Waals surface area (Å²) in [6.45, 7) is 0.739. The summed E-state index contributed by atoms with van der Waals surface area (Å²) in [5.41, 5.74) is 6.60. The standard InChI is InChI=1S/C12H14N2O3/c13-6-3-7-17-14-11(15)8-9-4-1-2-5-10(9)12(14)16/h1-2,4-5H,3,6-8,13H2. The molecule has 1 heterocycles. The summed E-state index contributed by atoms with van der Waals surface area (Å²) in [6, 6.07) is 7.06. The lowest BCUT2D eigenvalue weighted by Crippen LogP contribution is -2.42. The van der Waals surface area contributed by atoms with E-state index in [-0.39, 0.29) is 18.9 Å². The number of fused-ring (bicyclic) bond motifs is 1. The van der Waals surface area contributed by atoms with Crippen LogP contribution in [0.2, 0.25) is 0 Å². The van der Waals surface area contributed by atoms with Crippen molar-refractivity contribution in [2.45, 2.75) is 12.8 Å². The van der Waals surface area contributed by atoms with Crippen molar-refractivity contribution in [1.82, 2.24) is 5.06 Å². The third kappa shape index (κ3) is 2.35. The van der Waals surface area contributed by atoms with Crippen LogP contribution in [-0.4, -0.2) is 30.0 Å². The molecule has 1 aliphatic rings. The number of benzene rings is 1. The molecule has 5 nitrogen and oxygen atoms in total. The Morgan fingerprint density at radius 1 is 1.29 bits per heavy atom. The van der Waals surface area contributed by atoms with Crippen LogP contribution in [-0.2, 0) is 16.1 Å². The van der Waals surface area contributed by atoms with Crippen LogP contribution in [0.25, 0.3) is 0 Å². The van der Waals surface area contributed by atoms with Gasteiger partial charge < -0.3 is 5.73 Å². The Bertz CT molecular complexity index is 445. The minimum atomic E-state index is -0.395. The average Bonchev–Trinajstić information content (AvgIpc) is 2.33. The molecule has 2 N–H and O–H groups in total. The number of hydrogen-bond acceptors (Lipinski definition) is 4. The van der Waals surface area contributed by atoms with Crippen LogP contribution in [0, 0.1) is 0 Å². The van der Waals surface area contributed by atoms with Gasteiger partial charge in [-0.3, -0.25) is 14.4 Å². The Morgan fingerprint density at radius 2 is 2.06 bits per heavy atom. The van der Waals surface area contributed by atoms with Crippen molar-refractivity contribution in [2.24, 2.45) is 5.73 Å². The fourth-order valence-corrected chi connectivity index (χ4v) is 1.71. The molecule has 0 aromatic heterocycles. The predicted octanol–water partition coefficient (Wildman–Crippen LogP) is 0.492. The van der Waals surface area contributed by atoms with Crippen LogP contribution in [0.3, 0.4) is 0 Å². The van der Waals surface area contributed by atoms with E-state index in [4.69, 9.17) is 10.6 Å². The highest BCUT2D eigenvalue weighted by Crippen LogP contribution is 2.19. The molecule has 0 aliphatic carbocycles. The Hall–Kier alpha value is -1.72. The van der Waals surface area contributed by atoms with E-state index in [9.17, 15) is 9.59 Å². The highest BCUT2D eigenvalue weighted by Gasteiger charge is 2.31. The molecule has 0 radical (unpaired) electrons. The molecule has 1 aromatic carbocycles. The maximum atomic E-state index is 12.0. The Balaban J connectivity index is 2.16. The fourth-order valence-electron chi connectivity index (χ4n) is 1.71. The van der Waals surface area contributed by atoms with Crippen LogP contribution < -0.4 is 5.73 Å². The van der Waals surface area contributed by atoms with Crippen LogP contribution in [0.15, 0.2) is 24.3 Å². The minimum Gasteiger partial charge on any atom is -0.330 e. The normalized spacial score (nSPS) is 15.0. The van der Waals surface area contributed by atoms with Gasteiger partial charge in [0.05, 0.1) is 13.0 Å². The molecule has 0 saturated carbocycles. The minimum absolute atomic E-state index is 0.199. The zero-order chi connectivity index (χ0) is 12.3. The first-order valence-electron chi connectivity index (χ1n) is 5.52. The molecule has 2 amide bonds. The zero-order valence-corrected chi connectivity index (χ0v) is 9.39. The largest absolute Gasteiger partial charge is 0.330 e. The first-order chi connectivity index (χ1) is 8.24. The molecule has 0 spiro atoms. The smallest absolute Gasteiger partial charge is 0.285 e. The molecule has 5 heteroatoms. The molecule has 17 heavy (non-hydrogen) atoms. The van der Waals surface area contributed by atoms with E-state index in [1.54, 1.807) is 18.2 Å². The topological polar surface area (TPSA) is 72.6 Å². The molecular weight excluding hydrogens is 220 g/mol. The summed E-state index contributed by atoms with van der Waals surface area (Å²) < 4.78 is 0. The number of nitrogens with zero attached hydrogens (tertiary/aromatic N) is 1. The third-order valence-corrected chi connectivity index (χ3v) is 2.57. The Morgan fingerprint density at radius 3 is 2.82 bits per heavy atom. The van der Waals surface area contributed by atoms with Gasteiger partial charge in [0.25, 0.3) is 11.8 Å². The van der Waals surface area contributed by atoms with Crippen molar-refractivity contribution in [2.75, 3.05) is 13.2 Å². The van der Waals surface area contributed by atoms with Gasteiger partial charge in [-0.1, -0.05) is 18.2 Å². The molecule has 0 atom stereocenters. The van der Waals surface area contributed by atoms with Gasteiger partial charge in [-0.15, -0.1) is 5.06 Å². The second-order valence-corrected chi connectivity index (χ2v) is 3.80. The van der Waals surface area contributed by atoms with Crippen LogP contribution in [0.1, 0.15) is 22.3 Å². The maximum absolute atomic E-state index is 12.0. The van der Waals surface area contributed by atoms with Gasteiger partial charge in [0.1, 0.15) is 0 Å². The van der Waals surface area contributed by atoms with Crippen molar-refractivity contribution >= 4 is 11.8 Å². The monoisotopic (exact) mass is 234 g/mol. The van der Waals surface area contributed by atoms with Crippen molar-refractivity contribution in [3.63, 3.8) is 0 Å². The van der Waals surface area contributed by atoms with E-state index < -0.39 is 5.91 Å². The lowest BCUT2D eigenvalue weighted by Gasteiger charge is -2.25. The fraction of sp³-hybridized carbons (Fsp3) is 0.333. The highest BCUT2D eigenvalue weighted by molar-refractivity contribution is 6.08. The van der Waals surface area contributed by atoms with E-state index >= 15 is 0 Å². The number of imide groups is 1. The first kappa shape index (κ1) is 11.8. The summed E-state index contributed by atoms with van der Waals surface area (Å²) in [6.07, 6.45) is 0.809. The van der Waals surface area contributed by atoms with Gasteiger partial charge in [0.15, 0.2) is 0 Å². The van der Waals surface area contributed by atoms with Gasteiger partial charge in [0, 0.05) is 5.56 Å². The van der Waals surface area contributed by atoms with Crippen molar-refractivity contribution in [3.8, 4) is 0 Å². The molecule has 0 bridgehead atoms. The highest BCUT2D eigenvalue weighted by atomic mass is 16.7. The number of carbonyl (C=O) groups is 2. The van der Waals surface area contributed by atoms with Crippen molar-refractivity contribution in [3.05, 3.63) is 35.4 Å². The molecule has 90 valence electrons. The van der Waals surface area contributed by atoms with Crippen molar-refractivity contribution in [1.29, 1.82) is 0 Å². The summed E-state index contributed by atoms with van der Waals surface area (Å²) in [7, 11) is 0. The number of carbonyl (C=O) groups excluding carboxylic acids is 2. The number of nitrogens with two attached hydrogens (primary N) is 1. The van der Waals surface area contributed by atoms with Gasteiger partial charge in [-0.2, -0.15) is 0 Å².